The van der Waals surface area contributed by atoms with Crippen LogP contribution in [0.4, 0.5) is 5.69 Å². The Balaban J connectivity index is 1.28. The zero-order valence-corrected chi connectivity index (χ0v) is 14.3. The third-order valence-corrected chi connectivity index (χ3v) is 5.22. The third-order valence-electron chi connectivity index (χ3n) is 5.22. The molecule has 0 saturated carbocycles. The van der Waals surface area contributed by atoms with Crippen LogP contribution in [0.5, 0.6) is 0 Å². The van der Waals surface area contributed by atoms with Crippen LogP contribution in [0.3, 0.4) is 0 Å². The molecule has 132 valence electrons. The van der Waals surface area contributed by atoms with Crippen molar-refractivity contribution >= 4 is 11.6 Å². The zero-order valence-electron chi connectivity index (χ0n) is 14.3. The van der Waals surface area contributed by atoms with E-state index in [4.69, 9.17) is 0 Å². The van der Waals surface area contributed by atoms with Crippen molar-refractivity contribution in [3.63, 3.8) is 0 Å². The van der Waals surface area contributed by atoms with Crippen molar-refractivity contribution in [3.8, 4) is 0 Å². The van der Waals surface area contributed by atoms with Crippen LogP contribution >= 0.6 is 0 Å². The predicted molar refractivity (Wildman–Crippen MR) is 95.5 cm³/mol. The van der Waals surface area contributed by atoms with Crippen LogP contribution in [-0.4, -0.2) is 47.3 Å². The molecule has 4 heterocycles. The van der Waals surface area contributed by atoms with Gasteiger partial charge in [-0.15, -0.1) is 0 Å². The van der Waals surface area contributed by atoms with E-state index in [1.54, 1.807) is 0 Å². The molecule has 0 radical (unpaired) electrons. The average molecular weight is 340 g/mol. The molecule has 1 amide bonds. The Morgan fingerprint density at radius 3 is 2.88 bits per heavy atom. The smallest absolute Gasteiger partial charge is 0.272 e. The fourth-order valence-corrected chi connectivity index (χ4v) is 3.68. The molecular weight excluding hydrogens is 316 g/mol. The number of anilines is 1. The van der Waals surface area contributed by atoms with Crippen molar-refractivity contribution in [2.24, 2.45) is 5.92 Å². The molecule has 0 atom stereocenters. The minimum Gasteiger partial charge on any atom is -0.371 e. The predicted octanol–water partition coefficient (Wildman–Crippen LogP) is 1.10. The summed E-state index contributed by atoms with van der Waals surface area (Å²) in [6.07, 6.45) is 6.75. The van der Waals surface area contributed by atoms with Crippen LogP contribution in [0.25, 0.3) is 0 Å². The van der Waals surface area contributed by atoms with Gasteiger partial charge in [0.25, 0.3) is 5.91 Å². The number of rotatable bonds is 4. The summed E-state index contributed by atoms with van der Waals surface area (Å²) >= 11 is 0. The SMILES string of the molecule is O=C(NCC1CCN(c2ccncc2)CC1)c1n[nH]c2c1CNCC2. The largest absolute Gasteiger partial charge is 0.371 e. The van der Waals surface area contributed by atoms with Crippen molar-refractivity contribution in [2.75, 3.05) is 31.1 Å². The summed E-state index contributed by atoms with van der Waals surface area (Å²) in [7, 11) is 0. The molecule has 7 heteroatoms. The first-order valence-electron chi connectivity index (χ1n) is 9.01. The number of nitrogens with zero attached hydrogens (tertiary/aromatic N) is 3. The number of hydrogen-bond donors (Lipinski definition) is 3. The van der Waals surface area contributed by atoms with Crippen molar-refractivity contribution in [3.05, 3.63) is 41.5 Å². The summed E-state index contributed by atoms with van der Waals surface area (Å²) in [4.78, 5) is 18.9. The lowest BCUT2D eigenvalue weighted by Crippen LogP contribution is -2.39. The number of aromatic amines is 1. The van der Waals surface area contributed by atoms with Crippen LogP contribution in [0.15, 0.2) is 24.5 Å². The number of hydrogen-bond acceptors (Lipinski definition) is 5. The fraction of sp³-hybridized carbons (Fsp3) is 0.500. The standard InChI is InChI=1S/C18H24N6O/c25-18(17-15-12-20-8-3-16(15)22-23-17)21-11-13-4-9-24(10-5-13)14-1-6-19-7-2-14/h1-2,6-7,13,20H,3-5,8-12H2,(H,21,25)(H,22,23). The molecule has 2 aliphatic rings. The second kappa shape index (κ2) is 7.23. The number of carbonyl (C=O) groups excluding carboxylic acids is 1. The van der Waals surface area contributed by atoms with Gasteiger partial charge in [-0.3, -0.25) is 14.9 Å². The fourth-order valence-electron chi connectivity index (χ4n) is 3.68. The van der Waals surface area contributed by atoms with E-state index < -0.39 is 0 Å². The van der Waals surface area contributed by atoms with Gasteiger partial charge in [-0.2, -0.15) is 5.10 Å². The van der Waals surface area contributed by atoms with Gasteiger partial charge >= 0.3 is 0 Å². The Morgan fingerprint density at radius 2 is 2.08 bits per heavy atom. The van der Waals surface area contributed by atoms with Crippen LogP contribution < -0.4 is 15.5 Å². The average Bonchev–Trinajstić information content (AvgIpc) is 3.11. The van der Waals surface area contributed by atoms with Crippen LogP contribution in [-0.2, 0) is 13.0 Å². The van der Waals surface area contributed by atoms with Gasteiger partial charge in [0.1, 0.15) is 0 Å². The van der Waals surface area contributed by atoms with E-state index in [1.807, 2.05) is 12.4 Å². The van der Waals surface area contributed by atoms with Crippen molar-refractivity contribution in [1.82, 2.24) is 25.8 Å². The number of amides is 1. The van der Waals surface area contributed by atoms with E-state index in [0.717, 1.165) is 63.2 Å². The monoisotopic (exact) mass is 340 g/mol. The normalized spacial score (nSPS) is 18.0. The highest BCUT2D eigenvalue weighted by atomic mass is 16.1. The molecule has 0 unspecified atom stereocenters. The van der Waals surface area contributed by atoms with Gasteiger partial charge in [0, 0.05) is 68.5 Å². The molecule has 25 heavy (non-hydrogen) atoms. The Morgan fingerprint density at radius 1 is 1.28 bits per heavy atom. The maximum atomic E-state index is 12.5. The number of carbonyl (C=O) groups is 1. The third kappa shape index (κ3) is 3.51. The second-order valence-electron chi connectivity index (χ2n) is 6.80. The lowest BCUT2D eigenvalue weighted by atomic mass is 9.96. The molecule has 3 N–H and O–H groups in total. The van der Waals surface area contributed by atoms with E-state index in [-0.39, 0.29) is 5.91 Å². The van der Waals surface area contributed by atoms with Gasteiger partial charge in [-0.05, 0) is 30.9 Å². The number of nitrogens with one attached hydrogen (secondary N) is 3. The summed E-state index contributed by atoms with van der Waals surface area (Å²) in [5.41, 5.74) is 3.90. The number of pyridine rings is 1. The van der Waals surface area contributed by atoms with Crippen molar-refractivity contribution in [1.29, 1.82) is 0 Å². The van der Waals surface area contributed by atoms with Crippen LogP contribution in [0.2, 0.25) is 0 Å². The summed E-state index contributed by atoms with van der Waals surface area (Å²) in [6.45, 7) is 4.42. The molecule has 2 aromatic heterocycles. The van der Waals surface area contributed by atoms with E-state index in [0.29, 0.717) is 11.6 Å². The first-order valence-corrected chi connectivity index (χ1v) is 9.01. The second-order valence-corrected chi connectivity index (χ2v) is 6.80. The summed E-state index contributed by atoms with van der Waals surface area (Å²) in [6, 6.07) is 4.10. The van der Waals surface area contributed by atoms with Crippen molar-refractivity contribution < 1.29 is 4.79 Å². The molecule has 2 aromatic rings. The number of fused-ring (bicyclic) bond motifs is 1. The molecule has 0 aromatic carbocycles. The quantitative estimate of drug-likeness (QED) is 0.776. The van der Waals surface area contributed by atoms with E-state index in [1.165, 1.54) is 5.69 Å². The number of aromatic nitrogens is 3. The Kier molecular flexibility index (Phi) is 4.65. The molecule has 0 bridgehead atoms. The molecular formula is C18H24N6O. The van der Waals surface area contributed by atoms with Gasteiger partial charge in [0.2, 0.25) is 0 Å². The highest BCUT2D eigenvalue weighted by Gasteiger charge is 2.23. The molecule has 1 fully saturated rings. The summed E-state index contributed by atoms with van der Waals surface area (Å²) in [5.74, 6) is 0.465. The zero-order chi connectivity index (χ0) is 17.1. The first kappa shape index (κ1) is 16.1. The topological polar surface area (TPSA) is 85.9 Å². The minimum atomic E-state index is -0.0576. The Bertz CT molecular complexity index is 720. The van der Waals surface area contributed by atoms with Crippen LogP contribution in [0.1, 0.15) is 34.6 Å². The highest BCUT2D eigenvalue weighted by molar-refractivity contribution is 5.94. The van der Waals surface area contributed by atoms with Gasteiger partial charge in [-0.1, -0.05) is 0 Å². The number of piperidine rings is 1. The highest BCUT2D eigenvalue weighted by Crippen LogP contribution is 2.22. The maximum Gasteiger partial charge on any atom is 0.272 e. The lowest BCUT2D eigenvalue weighted by molar-refractivity contribution is 0.0938. The van der Waals surface area contributed by atoms with Gasteiger partial charge in [0.05, 0.1) is 0 Å². The molecule has 7 nitrogen and oxygen atoms in total. The summed E-state index contributed by atoms with van der Waals surface area (Å²) in [5, 5.41) is 13.6. The Labute approximate surface area is 147 Å². The van der Waals surface area contributed by atoms with Crippen molar-refractivity contribution in [2.45, 2.75) is 25.8 Å². The molecule has 0 spiro atoms. The van der Waals surface area contributed by atoms with Crippen LogP contribution in [0, 0.1) is 5.92 Å². The minimum absolute atomic E-state index is 0.0576. The van der Waals surface area contributed by atoms with E-state index >= 15 is 0 Å². The molecule has 1 saturated heterocycles. The first-order chi connectivity index (χ1) is 12.3. The molecule has 4 rings (SSSR count). The van der Waals surface area contributed by atoms with Gasteiger partial charge in [0.15, 0.2) is 5.69 Å². The van der Waals surface area contributed by atoms with E-state index in [2.05, 4.69) is 42.8 Å². The molecule has 0 aliphatic carbocycles. The van der Waals surface area contributed by atoms with Gasteiger partial charge < -0.3 is 15.5 Å². The Hall–Kier alpha value is -2.41. The molecule has 2 aliphatic heterocycles. The summed E-state index contributed by atoms with van der Waals surface area (Å²) < 4.78 is 0. The lowest BCUT2D eigenvalue weighted by Gasteiger charge is -2.33. The van der Waals surface area contributed by atoms with Gasteiger partial charge in [-0.25, -0.2) is 0 Å². The number of H-pyrrole nitrogens is 1. The maximum absolute atomic E-state index is 12.5. The van der Waals surface area contributed by atoms with E-state index in [9.17, 15) is 4.79 Å².